The van der Waals surface area contributed by atoms with E-state index in [-0.39, 0.29) is 11.7 Å². The van der Waals surface area contributed by atoms with Gasteiger partial charge in [-0.05, 0) is 30.7 Å². The van der Waals surface area contributed by atoms with E-state index in [1.807, 2.05) is 13.0 Å². The Bertz CT molecular complexity index is 643. The van der Waals surface area contributed by atoms with Crippen molar-refractivity contribution in [1.82, 2.24) is 4.98 Å². The zero-order valence-electron chi connectivity index (χ0n) is 11.0. The van der Waals surface area contributed by atoms with Gasteiger partial charge in [-0.25, -0.2) is 4.39 Å². The van der Waals surface area contributed by atoms with E-state index in [1.165, 1.54) is 6.07 Å². The SMILES string of the molecule is Cc1ccc(NCc2cccnc2C(N)=NO)c(F)c1. The normalized spacial score (nSPS) is 11.4. The molecule has 104 valence electrons. The van der Waals surface area contributed by atoms with Crippen molar-refractivity contribution in [1.29, 1.82) is 0 Å². The lowest BCUT2D eigenvalue weighted by molar-refractivity contribution is 0.318. The van der Waals surface area contributed by atoms with Gasteiger partial charge in [-0.3, -0.25) is 4.98 Å². The summed E-state index contributed by atoms with van der Waals surface area (Å²) in [5.74, 6) is -0.397. The molecule has 4 N–H and O–H groups in total. The first-order chi connectivity index (χ1) is 9.61. The third-order valence-electron chi connectivity index (χ3n) is 2.84. The summed E-state index contributed by atoms with van der Waals surface area (Å²) in [6, 6.07) is 8.45. The highest BCUT2D eigenvalue weighted by Crippen LogP contribution is 2.17. The fourth-order valence-corrected chi connectivity index (χ4v) is 1.81. The van der Waals surface area contributed by atoms with Crippen LogP contribution in [0.2, 0.25) is 0 Å². The molecule has 0 spiro atoms. The van der Waals surface area contributed by atoms with Gasteiger partial charge in [0.1, 0.15) is 11.5 Å². The van der Waals surface area contributed by atoms with Crippen molar-refractivity contribution >= 4 is 11.5 Å². The Morgan fingerprint density at radius 3 is 2.95 bits per heavy atom. The van der Waals surface area contributed by atoms with Crippen molar-refractivity contribution in [3.63, 3.8) is 0 Å². The monoisotopic (exact) mass is 274 g/mol. The molecule has 20 heavy (non-hydrogen) atoms. The maximum Gasteiger partial charge on any atom is 0.189 e. The highest BCUT2D eigenvalue weighted by Gasteiger charge is 2.09. The van der Waals surface area contributed by atoms with E-state index >= 15 is 0 Å². The average Bonchev–Trinajstić information content (AvgIpc) is 2.46. The minimum atomic E-state index is -0.320. The Morgan fingerprint density at radius 2 is 2.25 bits per heavy atom. The van der Waals surface area contributed by atoms with E-state index in [1.54, 1.807) is 24.4 Å². The van der Waals surface area contributed by atoms with Crippen LogP contribution in [-0.2, 0) is 6.54 Å². The maximum atomic E-state index is 13.7. The van der Waals surface area contributed by atoms with Gasteiger partial charge in [0.05, 0.1) is 5.69 Å². The largest absolute Gasteiger partial charge is 0.409 e. The summed E-state index contributed by atoms with van der Waals surface area (Å²) in [7, 11) is 0. The van der Waals surface area contributed by atoms with Crippen LogP contribution in [0.15, 0.2) is 41.7 Å². The molecule has 0 atom stereocenters. The molecule has 1 aromatic heterocycles. The van der Waals surface area contributed by atoms with Crippen LogP contribution in [0.25, 0.3) is 0 Å². The van der Waals surface area contributed by atoms with Gasteiger partial charge in [0, 0.05) is 18.3 Å². The molecule has 0 bridgehead atoms. The van der Waals surface area contributed by atoms with E-state index in [2.05, 4.69) is 15.5 Å². The Hall–Kier alpha value is -2.63. The summed E-state index contributed by atoms with van der Waals surface area (Å²) in [6.07, 6.45) is 1.54. The second-order valence-corrected chi connectivity index (χ2v) is 4.33. The minimum absolute atomic E-state index is 0.0771. The Balaban J connectivity index is 2.19. The first-order valence-corrected chi connectivity index (χ1v) is 6.03. The third kappa shape index (κ3) is 3.03. The van der Waals surface area contributed by atoms with Crippen LogP contribution >= 0.6 is 0 Å². The van der Waals surface area contributed by atoms with Crippen molar-refractivity contribution < 1.29 is 9.60 Å². The van der Waals surface area contributed by atoms with Crippen LogP contribution in [0.5, 0.6) is 0 Å². The number of halogens is 1. The number of aryl methyl sites for hydroxylation is 1. The number of pyridine rings is 1. The second-order valence-electron chi connectivity index (χ2n) is 4.33. The number of nitrogens with one attached hydrogen (secondary N) is 1. The van der Waals surface area contributed by atoms with Gasteiger partial charge in [-0.15, -0.1) is 0 Å². The van der Waals surface area contributed by atoms with Gasteiger partial charge in [-0.2, -0.15) is 0 Å². The van der Waals surface area contributed by atoms with Crippen LogP contribution in [0.1, 0.15) is 16.8 Å². The molecule has 5 nitrogen and oxygen atoms in total. The summed E-state index contributed by atoms with van der Waals surface area (Å²) < 4.78 is 13.7. The molecule has 1 aromatic carbocycles. The fraction of sp³-hybridized carbons (Fsp3) is 0.143. The van der Waals surface area contributed by atoms with Crippen LogP contribution in [-0.4, -0.2) is 16.0 Å². The van der Waals surface area contributed by atoms with Crippen molar-refractivity contribution in [2.24, 2.45) is 10.9 Å². The summed E-state index contributed by atoms with van der Waals surface area (Å²) in [6.45, 7) is 2.14. The molecule has 1 heterocycles. The van der Waals surface area contributed by atoms with Crippen LogP contribution in [0, 0.1) is 12.7 Å². The zero-order chi connectivity index (χ0) is 14.5. The van der Waals surface area contributed by atoms with E-state index in [4.69, 9.17) is 10.9 Å². The lowest BCUT2D eigenvalue weighted by atomic mass is 10.1. The lowest BCUT2D eigenvalue weighted by Gasteiger charge is -2.10. The molecule has 6 heteroatoms. The first-order valence-electron chi connectivity index (χ1n) is 6.03. The molecule has 0 saturated carbocycles. The highest BCUT2D eigenvalue weighted by molar-refractivity contribution is 5.96. The summed E-state index contributed by atoms with van der Waals surface area (Å²) in [5, 5.41) is 14.6. The van der Waals surface area contributed by atoms with Crippen LogP contribution in [0.4, 0.5) is 10.1 Å². The van der Waals surface area contributed by atoms with Gasteiger partial charge in [-0.1, -0.05) is 17.3 Å². The topological polar surface area (TPSA) is 83.5 Å². The molecule has 2 rings (SSSR count). The number of aromatic nitrogens is 1. The van der Waals surface area contributed by atoms with E-state index in [9.17, 15) is 4.39 Å². The smallest absolute Gasteiger partial charge is 0.189 e. The molecule has 0 unspecified atom stereocenters. The molecule has 0 radical (unpaired) electrons. The summed E-state index contributed by atoms with van der Waals surface area (Å²) in [5.41, 5.74) is 7.88. The number of nitrogens with two attached hydrogens (primary N) is 1. The number of oxime groups is 1. The Labute approximate surface area is 116 Å². The van der Waals surface area contributed by atoms with E-state index < -0.39 is 0 Å². The predicted molar refractivity (Wildman–Crippen MR) is 75.2 cm³/mol. The van der Waals surface area contributed by atoms with Gasteiger partial charge < -0.3 is 16.3 Å². The standard InChI is InChI=1S/C14H15FN4O/c1-9-4-5-12(11(15)7-9)18-8-10-3-2-6-17-13(10)14(16)19-20/h2-7,18,20H,8H2,1H3,(H2,16,19). The maximum absolute atomic E-state index is 13.7. The molecule has 0 aliphatic heterocycles. The molecule has 2 aromatic rings. The molecule has 0 saturated heterocycles. The quantitative estimate of drug-likeness (QED) is 0.345. The van der Waals surface area contributed by atoms with Crippen molar-refractivity contribution in [2.75, 3.05) is 5.32 Å². The van der Waals surface area contributed by atoms with Crippen LogP contribution in [0.3, 0.4) is 0 Å². The predicted octanol–water partition coefficient (Wildman–Crippen LogP) is 2.24. The van der Waals surface area contributed by atoms with Gasteiger partial charge in [0.25, 0.3) is 0 Å². The van der Waals surface area contributed by atoms with E-state index in [0.29, 0.717) is 23.5 Å². The van der Waals surface area contributed by atoms with Crippen molar-refractivity contribution in [2.45, 2.75) is 13.5 Å². The highest BCUT2D eigenvalue weighted by atomic mass is 19.1. The zero-order valence-corrected chi connectivity index (χ0v) is 11.0. The number of hydrogen-bond donors (Lipinski definition) is 3. The first kappa shape index (κ1) is 13.8. The second kappa shape index (κ2) is 6.01. The number of benzene rings is 1. The number of amidine groups is 1. The molecule has 0 aliphatic carbocycles. The van der Waals surface area contributed by atoms with Gasteiger partial charge in [0.2, 0.25) is 0 Å². The van der Waals surface area contributed by atoms with Crippen molar-refractivity contribution in [3.05, 3.63) is 59.2 Å². The third-order valence-corrected chi connectivity index (χ3v) is 2.84. The lowest BCUT2D eigenvalue weighted by Crippen LogP contribution is -2.18. The van der Waals surface area contributed by atoms with Gasteiger partial charge >= 0.3 is 0 Å². The number of nitrogens with zero attached hydrogens (tertiary/aromatic N) is 2. The van der Waals surface area contributed by atoms with E-state index in [0.717, 1.165) is 5.56 Å². The fourth-order valence-electron chi connectivity index (χ4n) is 1.81. The number of anilines is 1. The molecular weight excluding hydrogens is 259 g/mol. The summed E-state index contributed by atoms with van der Waals surface area (Å²) >= 11 is 0. The Kier molecular flexibility index (Phi) is 4.14. The van der Waals surface area contributed by atoms with Crippen molar-refractivity contribution in [3.8, 4) is 0 Å². The summed E-state index contributed by atoms with van der Waals surface area (Å²) in [4.78, 5) is 4.05. The molecule has 0 fully saturated rings. The van der Waals surface area contributed by atoms with Gasteiger partial charge in [0.15, 0.2) is 5.84 Å². The minimum Gasteiger partial charge on any atom is -0.409 e. The number of hydrogen-bond acceptors (Lipinski definition) is 4. The number of rotatable bonds is 4. The molecule has 0 aliphatic rings. The Morgan fingerprint density at radius 1 is 1.45 bits per heavy atom. The average molecular weight is 274 g/mol. The molecular formula is C14H15FN4O. The molecule has 0 amide bonds. The van der Waals surface area contributed by atoms with Crippen LogP contribution < -0.4 is 11.1 Å².